The van der Waals surface area contributed by atoms with Gasteiger partial charge in [-0.2, -0.15) is 13.2 Å². The summed E-state index contributed by atoms with van der Waals surface area (Å²) in [6.07, 6.45) is 0.521. The van der Waals surface area contributed by atoms with Gasteiger partial charge >= 0.3 is 5.51 Å². The maximum Gasteiger partial charge on any atom is 0.485 e. The van der Waals surface area contributed by atoms with Gasteiger partial charge in [0.1, 0.15) is 0 Å². The first-order valence-corrected chi connectivity index (χ1v) is 7.74. The second-order valence-corrected chi connectivity index (χ2v) is 5.53. The van der Waals surface area contributed by atoms with Crippen LogP contribution < -0.4 is 0 Å². The fourth-order valence-corrected chi connectivity index (χ4v) is 2.54. The number of hydrogen-bond acceptors (Lipinski definition) is 1. The Morgan fingerprint density at radius 2 is 1.85 bits per heavy atom. The molecule has 0 saturated heterocycles. The Morgan fingerprint density at radius 3 is 2.30 bits per heavy atom. The fourth-order valence-electron chi connectivity index (χ4n) is 1.63. The van der Waals surface area contributed by atoms with Crippen LogP contribution >= 0.6 is 0 Å². The lowest BCUT2D eigenvalue weighted by Gasteiger charge is -2.21. The average Bonchev–Trinajstić information content (AvgIpc) is 2.39. The van der Waals surface area contributed by atoms with Gasteiger partial charge in [0.05, 0.1) is 0 Å². The molecule has 2 nitrogen and oxygen atoms in total. The first-order chi connectivity index (χ1) is 9.34. The average molecular weight is 309 g/mol. The molecule has 1 aromatic carbocycles. The zero-order chi connectivity index (χ0) is 15.8. The van der Waals surface area contributed by atoms with Crippen molar-refractivity contribution >= 4 is 11.0 Å². The maximum absolute atomic E-state index is 12.5. The lowest BCUT2D eigenvalue weighted by Crippen LogP contribution is -2.35. The van der Waals surface area contributed by atoms with E-state index in [-0.39, 0.29) is 13.1 Å². The number of rotatable bonds is 5. The molecule has 1 atom stereocenters. The summed E-state index contributed by atoms with van der Waals surface area (Å²) in [7, 11) is -2.95. The van der Waals surface area contributed by atoms with Crippen LogP contribution in [0.15, 0.2) is 24.3 Å². The van der Waals surface area contributed by atoms with Crippen LogP contribution in [-0.2, 0) is 17.5 Å². The molecule has 0 aromatic heterocycles. The summed E-state index contributed by atoms with van der Waals surface area (Å²) < 4.78 is 49.7. The molecule has 20 heavy (non-hydrogen) atoms. The molecule has 0 aliphatic heterocycles. The van der Waals surface area contributed by atoms with Gasteiger partial charge in [-0.05, 0) is 18.9 Å². The molecule has 0 amide bonds. The molecule has 1 unspecified atom stereocenters. The van der Waals surface area contributed by atoms with Crippen LogP contribution in [-0.4, -0.2) is 20.6 Å². The molecule has 1 aromatic rings. The zero-order valence-corrected chi connectivity index (χ0v) is 13.1. The minimum Gasteiger partial charge on any atom is -0.233 e. The molecule has 0 aliphatic rings. The number of alkyl halides is 3. The van der Waals surface area contributed by atoms with Gasteiger partial charge < -0.3 is 0 Å². The molecular formula is C14H22F3NOS. The molecule has 0 N–H and O–H groups in total. The third-order valence-electron chi connectivity index (χ3n) is 2.35. The summed E-state index contributed by atoms with van der Waals surface area (Å²) in [6, 6.07) is 7.19. The lowest BCUT2D eigenvalue weighted by molar-refractivity contribution is -0.0430. The minimum absolute atomic E-state index is 0.0433. The Labute approximate surface area is 121 Å². The number of nitrogens with zero attached hydrogens (tertiary/aromatic N) is 1. The molecule has 1 rings (SSSR count). The van der Waals surface area contributed by atoms with E-state index in [0.717, 1.165) is 15.4 Å². The van der Waals surface area contributed by atoms with Crippen molar-refractivity contribution in [3.63, 3.8) is 0 Å². The summed E-state index contributed by atoms with van der Waals surface area (Å²) in [5.74, 6) is 0. The lowest BCUT2D eigenvalue weighted by atomic mass is 10.1. The Kier molecular flexibility index (Phi) is 8.73. The summed E-state index contributed by atoms with van der Waals surface area (Å²) in [4.78, 5) is 0. The van der Waals surface area contributed by atoms with Crippen LogP contribution in [0, 0.1) is 6.92 Å². The van der Waals surface area contributed by atoms with Crippen LogP contribution in [0.5, 0.6) is 0 Å². The highest BCUT2D eigenvalue weighted by Crippen LogP contribution is 2.24. The third-order valence-corrected chi connectivity index (χ3v) is 3.52. The quantitative estimate of drug-likeness (QED) is 0.788. The van der Waals surface area contributed by atoms with Crippen molar-refractivity contribution in [2.75, 3.05) is 6.54 Å². The van der Waals surface area contributed by atoms with Crippen molar-refractivity contribution in [2.45, 2.75) is 46.2 Å². The van der Waals surface area contributed by atoms with E-state index in [1.807, 2.05) is 26.8 Å². The van der Waals surface area contributed by atoms with Gasteiger partial charge in [-0.25, -0.2) is 8.51 Å². The minimum atomic E-state index is -4.70. The van der Waals surface area contributed by atoms with Crippen molar-refractivity contribution < 1.29 is 17.4 Å². The number of benzene rings is 1. The van der Waals surface area contributed by atoms with E-state index >= 15 is 0 Å². The van der Waals surface area contributed by atoms with E-state index in [1.54, 1.807) is 25.1 Å². The van der Waals surface area contributed by atoms with E-state index in [0.29, 0.717) is 6.42 Å². The molecule has 0 saturated carbocycles. The molecule has 0 spiro atoms. The second kappa shape index (κ2) is 9.13. The van der Waals surface area contributed by atoms with Crippen molar-refractivity contribution in [3.8, 4) is 0 Å². The van der Waals surface area contributed by atoms with Gasteiger partial charge in [0.15, 0.2) is 0 Å². The second-order valence-electron chi connectivity index (χ2n) is 4.05. The topological polar surface area (TPSA) is 20.3 Å². The smallest absolute Gasteiger partial charge is 0.233 e. The predicted octanol–water partition coefficient (Wildman–Crippen LogP) is 4.42. The van der Waals surface area contributed by atoms with Crippen molar-refractivity contribution in [2.24, 2.45) is 0 Å². The highest BCUT2D eigenvalue weighted by atomic mass is 32.2. The van der Waals surface area contributed by atoms with Gasteiger partial charge in [0.25, 0.3) is 0 Å². The van der Waals surface area contributed by atoms with Crippen LogP contribution in [0.3, 0.4) is 0 Å². The van der Waals surface area contributed by atoms with Crippen LogP contribution in [0.2, 0.25) is 0 Å². The van der Waals surface area contributed by atoms with E-state index in [4.69, 9.17) is 0 Å². The van der Waals surface area contributed by atoms with Crippen molar-refractivity contribution in [1.29, 1.82) is 0 Å². The number of hydrogen-bond donors (Lipinski definition) is 0. The van der Waals surface area contributed by atoms with Gasteiger partial charge in [-0.15, -0.1) is 0 Å². The standard InChI is InChI=1S/C12H16F3NOS.C2H6/c1-3-7-16(18(17)12(13,14)15)9-11-6-4-5-10(2)8-11;1-2/h4-6,8H,3,7,9H2,1-2H3;1-2H3. The van der Waals surface area contributed by atoms with E-state index in [9.17, 15) is 17.4 Å². The van der Waals surface area contributed by atoms with Crippen molar-refractivity contribution in [3.05, 3.63) is 35.4 Å². The Hall–Kier alpha value is -0.880. The van der Waals surface area contributed by atoms with Crippen LogP contribution in [0.4, 0.5) is 13.2 Å². The molecule has 116 valence electrons. The van der Waals surface area contributed by atoms with E-state index in [1.165, 1.54) is 0 Å². The van der Waals surface area contributed by atoms with Gasteiger partial charge in [-0.3, -0.25) is 0 Å². The normalized spacial score (nSPS) is 12.8. The van der Waals surface area contributed by atoms with Crippen LogP contribution in [0.1, 0.15) is 38.3 Å². The Morgan fingerprint density at radius 1 is 1.25 bits per heavy atom. The van der Waals surface area contributed by atoms with Gasteiger partial charge in [0, 0.05) is 13.1 Å². The summed E-state index contributed by atoms with van der Waals surface area (Å²) in [5, 5.41) is 0. The maximum atomic E-state index is 12.5. The highest BCUT2D eigenvalue weighted by Gasteiger charge is 2.40. The molecule has 0 heterocycles. The first-order valence-electron chi connectivity index (χ1n) is 6.63. The molecule has 0 aliphatic carbocycles. The SMILES string of the molecule is CC.CCCN(Cc1cccc(C)c1)S(=O)C(F)(F)F. The first kappa shape index (κ1) is 19.1. The van der Waals surface area contributed by atoms with Crippen LogP contribution in [0.25, 0.3) is 0 Å². The van der Waals surface area contributed by atoms with Gasteiger partial charge in [0.2, 0.25) is 11.0 Å². The third kappa shape index (κ3) is 6.52. The molecule has 6 heteroatoms. The summed E-state index contributed by atoms with van der Waals surface area (Å²) in [5.41, 5.74) is -2.98. The molecule has 0 radical (unpaired) electrons. The van der Waals surface area contributed by atoms with E-state index in [2.05, 4.69) is 0 Å². The summed E-state index contributed by atoms with van der Waals surface area (Å²) >= 11 is 0. The Balaban J connectivity index is 0.00000172. The van der Waals surface area contributed by atoms with Crippen molar-refractivity contribution in [1.82, 2.24) is 4.31 Å². The number of halogens is 3. The summed E-state index contributed by atoms with van der Waals surface area (Å²) in [6.45, 7) is 7.83. The van der Waals surface area contributed by atoms with E-state index < -0.39 is 16.5 Å². The number of aryl methyl sites for hydroxylation is 1. The molecule has 0 bridgehead atoms. The fraction of sp³-hybridized carbons (Fsp3) is 0.571. The molecule has 0 fully saturated rings. The monoisotopic (exact) mass is 309 g/mol. The highest BCUT2D eigenvalue weighted by molar-refractivity contribution is 7.83. The Bertz CT molecular complexity index is 421. The largest absolute Gasteiger partial charge is 0.485 e. The predicted molar refractivity (Wildman–Crippen MR) is 77.4 cm³/mol. The van der Waals surface area contributed by atoms with Gasteiger partial charge in [-0.1, -0.05) is 50.6 Å². The zero-order valence-electron chi connectivity index (χ0n) is 12.3. The molecular weight excluding hydrogens is 287 g/mol.